The van der Waals surface area contributed by atoms with Crippen LogP contribution in [0.1, 0.15) is 35.2 Å². The van der Waals surface area contributed by atoms with Gasteiger partial charge in [0.05, 0.1) is 0 Å². The van der Waals surface area contributed by atoms with Crippen molar-refractivity contribution in [2.24, 2.45) is 5.41 Å². The molecule has 1 aromatic carbocycles. The lowest BCUT2D eigenvalue weighted by Gasteiger charge is -2.15. The van der Waals surface area contributed by atoms with Crippen LogP contribution < -0.4 is 5.32 Å². The van der Waals surface area contributed by atoms with Crippen LogP contribution in [0, 0.1) is 12.3 Å². The van der Waals surface area contributed by atoms with Gasteiger partial charge in [0, 0.05) is 22.5 Å². The van der Waals surface area contributed by atoms with Gasteiger partial charge in [-0.15, -0.1) is 11.6 Å². The molecule has 1 amide bonds. The average Bonchev–Trinajstić information content (AvgIpc) is 3.11. The molecule has 0 unspecified atom stereocenters. The largest absolute Gasteiger partial charge is 0.351 e. The third-order valence-corrected chi connectivity index (χ3v) is 4.77. The Kier molecular flexibility index (Phi) is 4.33. The van der Waals surface area contributed by atoms with Crippen LogP contribution in [-0.4, -0.2) is 18.3 Å². The fourth-order valence-electron chi connectivity index (χ4n) is 2.11. The van der Waals surface area contributed by atoms with Crippen molar-refractivity contribution in [3.05, 3.63) is 33.8 Å². The first kappa shape index (κ1) is 13.9. The first-order valence-electron chi connectivity index (χ1n) is 6.17. The van der Waals surface area contributed by atoms with Gasteiger partial charge in [0.1, 0.15) is 0 Å². The molecule has 2 nitrogen and oxygen atoms in total. The van der Waals surface area contributed by atoms with Crippen LogP contribution in [-0.2, 0) is 0 Å². The molecule has 1 fully saturated rings. The highest BCUT2D eigenvalue weighted by atomic mass is 79.9. The van der Waals surface area contributed by atoms with Crippen LogP contribution in [0.3, 0.4) is 0 Å². The molecule has 0 atom stereocenters. The van der Waals surface area contributed by atoms with E-state index in [0.29, 0.717) is 5.88 Å². The Labute approximate surface area is 121 Å². The second-order valence-corrected chi connectivity index (χ2v) is 6.27. The molecule has 0 heterocycles. The maximum Gasteiger partial charge on any atom is 0.251 e. The normalized spacial score (nSPS) is 16.4. The van der Waals surface area contributed by atoms with E-state index < -0.39 is 0 Å². The molecule has 0 spiro atoms. The van der Waals surface area contributed by atoms with Crippen molar-refractivity contribution in [2.45, 2.75) is 26.2 Å². The van der Waals surface area contributed by atoms with E-state index in [1.165, 1.54) is 12.8 Å². The topological polar surface area (TPSA) is 29.1 Å². The van der Waals surface area contributed by atoms with Crippen molar-refractivity contribution in [3.63, 3.8) is 0 Å². The summed E-state index contributed by atoms with van der Waals surface area (Å²) < 4.78 is 0.969. The number of hydrogen-bond donors (Lipinski definition) is 1. The smallest absolute Gasteiger partial charge is 0.251 e. The lowest BCUT2D eigenvalue weighted by molar-refractivity contribution is 0.0943. The minimum atomic E-state index is 0.00893. The molecule has 18 heavy (non-hydrogen) atoms. The van der Waals surface area contributed by atoms with Gasteiger partial charge in [-0.3, -0.25) is 4.79 Å². The second kappa shape index (κ2) is 5.62. The number of carbonyl (C=O) groups excluding carboxylic acids is 1. The molecule has 0 bridgehead atoms. The molecule has 2 rings (SSSR count). The standard InChI is InChI=1S/C14H17BrClNO/c1-10-11(3-2-4-12(10)15)13(18)17-9-14(5-6-14)7-8-16/h2-4H,5-9H2,1H3,(H,17,18). The molecule has 0 aromatic heterocycles. The Morgan fingerprint density at radius 1 is 1.50 bits per heavy atom. The number of rotatable bonds is 5. The van der Waals surface area contributed by atoms with Crippen LogP contribution in [0.15, 0.2) is 22.7 Å². The van der Waals surface area contributed by atoms with Crippen LogP contribution in [0.2, 0.25) is 0 Å². The van der Waals surface area contributed by atoms with Gasteiger partial charge >= 0.3 is 0 Å². The number of carbonyl (C=O) groups is 1. The fraction of sp³-hybridized carbons (Fsp3) is 0.500. The number of alkyl halides is 1. The summed E-state index contributed by atoms with van der Waals surface area (Å²) in [5.74, 6) is 0.681. The molecular weight excluding hydrogens is 314 g/mol. The molecular formula is C14H17BrClNO. The first-order valence-corrected chi connectivity index (χ1v) is 7.50. The van der Waals surface area contributed by atoms with Gasteiger partial charge in [-0.2, -0.15) is 0 Å². The van der Waals surface area contributed by atoms with Gasteiger partial charge in [-0.05, 0) is 49.3 Å². The molecule has 1 N–H and O–H groups in total. The monoisotopic (exact) mass is 329 g/mol. The predicted octanol–water partition coefficient (Wildman–Crippen LogP) is 3.90. The van der Waals surface area contributed by atoms with Gasteiger partial charge in [-0.1, -0.05) is 22.0 Å². The Morgan fingerprint density at radius 2 is 2.22 bits per heavy atom. The highest BCUT2D eigenvalue weighted by Crippen LogP contribution is 2.48. The van der Waals surface area contributed by atoms with Crippen molar-refractivity contribution < 1.29 is 4.79 Å². The van der Waals surface area contributed by atoms with Gasteiger partial charge in [-0.25, -0.2) is 0 Å². The summed E-state index contributed by atoms with van der Waals surface area (Å²) in [6.07, 6.45) is 3.35. The second-order valence-electron chi connectivity index (χ2n) is 5.03. The van der Waals surface area contributed by atoms with E-state index in [9.17, 15) is 4.79 Å². The van der Waals surface area contributed by atoms with Gasteiger partial charge in [0.15, 0.2) is 0 Å². The van der Waals surface area contributed by atoms with Gasteiger partial charge < -0.3 is 5.32 Å². The van der Waals surface area contributed by atoms with E-state index in [1.54, 1.807) is 0 Å². The minimum Gasteiger partial charge on any atom is -0.351 e. The highest BCUT2D eigenvalue weighted by molar-refractivity contribution is 9.10. The Bertz CT molecular complexity index is 457. The van der Waals surface area contributed by atoms with Gasteiger partial charge in [0.25, 0.3) is 5.91 Å². The van der Waals surface area contributed by atoms with Crippen LogP contribution in [0.25, 0.3) is 0 Å². The molecule has 1 aliphatic carbocycles. The Morgan fingerprint density at radius 3 is 2.83 bits per heavy atom. The maximum absolute atomic E-state index is 12.1. The maximum atomic E-state index is 12.1. The third kappa shape index (κ3) is 3.07. The number of hydrogen-bond acceptors (Lipinski definition) is 1. The van der Waals surface area contributed by atoms with Crippen LogP contribution in [0.4, 0.5) is 0 Å². The fourth-order valence-corrected chi connectivity index (χ4v) is 2.88. The highest BCUT2D eigenvalue weighted by Gasteiger charge is 2.41. The quantitative estimate of drug-likeness (QED) is 0.815. The van der Waals surface area contributed by atoms with Gasteiger partial charge in [0.2, 0.25) is 0 Å². The van der Waals surface area contributed by atoms with Crippen LogP contribution in [0.5, 0.6) is 0 Å². The van der Waals surface area contributed by atoms with E-state index in [-0.39, 0.29) is 11.3 Å². The van der Waals surface area contributed by atoms with E-state index in [2.05, 4.69) is 21.2 Å². The summed E-state index contributed by atoms with van der Waals surface area (Å²) in [5, 5.41) is 3.04. The average molecular weight is 331 g/mol. The number of amides is 1. The van der Waals surface area contributed by atoms with Crippen LogP contribution >= 0.6 is 27.5 Å². The molecule has 1 aliphatic rings. The number of halogens is 2. The van der Waals surface area contributed by atoms with Crippen molar-refractivity contribution in [3.8, 4) is 0 Å². The van der Waals surface area contributed by atoms with E-state index >= 15 is 0 Å². The summed E-state index contributed by atoms with van der Waals surface area (Å²) >= 11 is 9.23. The summed E-state index contributed by atoms with van der Waals surface area (Å²) in [5.41, 5.74) is 2.00. The molecule has 0 aliphatic heterocycles. The summed E-state index contributed by atoms with van der Waals surface area (Å²) in [7, 11) is 0. The molecule has 0 saturated heterocycles. The molecule has 98 valence electrons. The lowest BCUT2D eigenvalue weighted by Crippen LogP contribution is -2.31. The predicted molar refractivity (Wildman–Crippen MR) is 78.2 cm³/mol. The number of nitrogens with one attached hydrogen (secondary N) is 1. The summed E-state index contributed by atoms with van der Waals surface area (Å²) in [6, 6.07) is 5.69. The van der Waals surface area contributed by atoms with Crippen molar-refractivity contribution in [1.29, 1.82) is 0 Å². The molecule has 0 radical (unpaired) electrons. The summed E-state index contributed by atoms with van der Waals surface area (Å²) in [4.78, 5) is 12.1. The van der Waals surface area contributed by atoms with Crippen molar-refractivity contribution >= 4 is 33.4 Å². The zero-order chi connectivity index (χ0) is 13.2. The minimum absolute atomic E-state index is 0.00893. The van der Waals surface area contributed by atoms with E-state index in [1.807, 2.05) is 25.1 Å². The molecule has 1 aromatic rings. The van der Waals surface area contributed by atoms with E-state index in [0.717, 1.165) is 28.6 Å². The molecule has 1 saturated carbocycles. The SMILES string of the molecule is Cc1c(Br)cccc1C(=O)NCC1(CCCl)CC1. The van der Waals surface area contributed by atoms with Crippen molar-refractivity contribution in [2.75, 3.05) is 12.4 Å². The number of benzene rings is 1. The Balaban J connectivity index is 1.98. The zero-order valence-electron chi connectivity index (χ0n) is 10.4. The summed E-state index contributed by atoms with van der Waals surface area (Å²) in [6.45, 7) is 2.69. The van der Waals surface area contributed by atoms with Crippen molar-refractivity contribution in [1.82, 2.24) is 5.32 Å². The van der Waals surface area contributed by atoms with E-state index in [4.69, 9.17) is 11.6 Å². The Hall–Kier alpha value is -0.540. The zero-order valence-corrected chi connectivity index (χ0v) is 12.8. The molecule has 4 heteroatoms. The lowest BCUT2D eigenvalue weighted by atomic mass is 10.0. The third-order valence-electron chi connectivity index (χ3n) is 3.72. The first-order chi connectivity index (χ1) is 8.58.